The molecule has 30 heavy (non-hydrogen) atoms. The molecule has 1 unspecified atom stereocenters. The van der Waals surface area contributed by atoms with Crippen LogP contribution in [0.3, 0.4) is 0 Å². The van der Waals surface area contributed by atoms with Crippen LogP contribution in [0.4, 0.5) is 0 Å². The highest BCUT2D eigenvalue weighted by Gasteiger charge is 2.40. The number of fused-ring (bicyclic) bond motifs is 1. The fraction of sp³-hybridized carbons (Fsp3) is 0.538. The van der Waals surface area contributed by atoms with Gasteiger partial charge in [-0.05, 0) is 34.8 Å². The van der Waals surface area contributed by atoms with Gasteiger partial charge in [-0.15, -0.1) is 0 Å². The quantitative estimate of drug-likeness (QED) is 0.454. The third kappa shape index (κ3) is 4.62. The Labute approximate surface area is 182 Å². The lowest BCUT2D eigenvalue weighted by molar-refractivity contribution is 0.383. The molecule has 0 aromatic heterocycles. The normalized spacial score (nSPS) is 19.4. The molecule has 1 aliphatic heterocycles. The molecule has 2 aromatic rings. The van der Waals surface area contributed by atoms with E-state index in [-0.39, 0.29) is 16.2 Å². The molecule has 1 heterocycles. The Kier molecular flexibility index (Phi) is 5.48. The van der Waals surface area contributed by atoms with Gasteiger partial charge in [0.15, 0.2) is 0 Å². The SMILES string of the molecule is Cc1ccc2c(c1)CP(=O)(Oc1c(C(C)(C)C)cc(C(C)(C)C)cc1C(C)(C)C)O2. The number of hydrogen-bond donors (Lipinski definition) is 0. The first-order valence-electron chi connectivity index (χ1n) is 10.8. The van der Waals surface area contributed by atoms with Crippen LogP contribution < -0.4 is 9.05 Å². The highest BCUT2D eigenvalue weighted by Crippen LogP contribution is 2.60. The fourth-order valence-electron chi connectivity index (χ4n) is 3.78. The van der Waals surface area contributed by atoms with Crippen molar-refractivity contribution in [3.63, 3.8) is 0 Å². The topological polar surface area (TPSA) is 35.5 Å². The van der Waals surface area contributed by atoms with Crippen LogP contribution in [-0.2, 0) is 27.0 Å². The van der Waals surface area contributed by atoms with Crippen molar-refractivity contribution in [1.29, 1.82) is 0 Å². The highest BCUT2D eigenvalue weighted by atomic mass is 31.2. The molecule has 2 aromatic carbocycles. The second-order valence-corrected chi connectivity index (χ2v) is 13.6. The molecular formula is C26H37O3P. The molecule has 164 valence electrons. The van der Waals surface area contributed by atoms with E-state index < -0.39 is 7.60 Å². The second-order valence-electron chi connectivity index (χ2n) is 11.7. The molecule has 0 amide bonds. The zero-order chi connectivity index (χ0) is 22.7. The molecule has 0 saturated heterocycles. The molecule has 3 nitrogen and oxygen atoms in total. The van der Waals surface area contributed by atoms with Crippen LogP contribution in [0.1, 0.15) is 90.1 Å². The Morgan fingerprint density at radius 2 is 1.37 bits per heavy atom. The Bertz CT molecular complexity index is 979. The summed E-state index contributed by atoms with van der Waals surface area (Å²) in [5, 5.41) is 0. The van der Waals surface area contributed by atoms with Crippen LogP contribution in [0.15, 0.2) is 30.3 Å². The summed E-state index contributed by atoms with van der Waals surface area (Å²) < 4.78 is 26.1. The molecule has 0 bridgehead atoms. The molecule has 4 heteroatoms. The monoisotopic (exact) mass is 428 g/mol. The maximum atomic E-state index is 13.7. The van der Waals surface area contributed by atoms with Crippen LogP contribution in [0.25, 0.3) is 0 Å². The standard InChI is InChI=1S/C26H37O3P/c1-17-11-12-22-18(13-17)16-30(27,28-22)29-23-20(25(5,6)7)14-19(24(2,3)4)15-21(23)26(8,9)10/h11-15H,16H2,1-10H3. The molecule has 0 spiro atoms. The molecule has 0 fully saturated rings. The van der Waals surface area contributed by atoms with Gasteiger partial charge >= 0.3 is 7.60 Å². The van der Waals surface area contributed by atoms with Gasteiger partial charge in [-0.2, -0.15) is 0 Å². The third-order valence-corrected chi connectivity index (χ3v) is 7.28. The van der Waals surface area contributed by atoms with Gasteiger partial charge in [0.1, 0.15) is 17.7 Å². The maximum absolute atomic E-state index is 13.7. The number of aryl methyl sites for hydroxylation is 1. The maximum Gasteiger partial charge on any atom is 0.435 e. The summed E-state index contributed by atoms with van der Waals surface area (Å²) in [7, 11) is -3.34. The number of benzene rings is 2. The predicted octanol–water partition coefficient (Wildman–Crippen LogP) is 8.05. The lowest BCUT2D eigenvalue weighted by Gasteiger charge is -2.33. The van der Waals surface area contributed by atoms with Crippen molar-refractivity contribution in [2.45, 2.75) is 91.6 Å². The lowest BCUT2D eigenvalue weighted by atomic mass is 9.75. The summed E-state index contributed by atoms with van der Waals surface area (Å²) in [5.41, 5.74) is 5.16. The highest BCUT2D eigenvalue weighted by molar-refractivity contribution is 7.54. The van der Waals surface area contributed by atoms with Gasteiger partial charge in [0.25, 0.3) is 0 Å². The zero-order valence-corrected chi connectivity index (χ0v) is 21.2. The second kappa shape index (κ2) is 7.16. The largest absolute Gasteiger partial charge is 0.435 e. The fourth-order valence-corrected chi connectivity index (χ4v) is 5.56. The summed E-state index contributed by atoms with van der Waals surface area (Å²) in [6.45, 7) is 21.8. The molecule has 0 radical (unpaired) electrons. The van der Waals surface area contributed by atoms with Crippen molar-refractivity contribution in [3.8, 4) is 11.5 Å². The third-order valence-electron chi connectivity index (χ3n) is 5.62. The Morgan fingerprint density at radius 3 is 1.83 bits per heavy atom. The smallest absolute Gasteiger partial charge is 0.416 e. The van der Waals surface area contributed by atoms with Crippen LogP contribution >= 0.6 is 7.60 Å². The first kappa shape index (κ1) is 22.9. The summed E-state index contributed by atoms with van der Waals surface area (Å²) in [6, 6.07) is 10.4. The van der Waals surface area contributed by atoms with Gasteiger partial charge in [-0.1, -0.05) is 92.1 Å². The van der Waals surface area contributed by atoms with E-state index in [0.717, 1.165) is 28.0 Å². The molecule has 1 atom stereocenters. The summed E-state index contributed by atoms with van der Waals surface area (Å²) in [6.07, 6.45) is 0.304. The minimum atomic E-state index is -3.34. The van der Waals surface area contributed by atoms with Gasteiger partial charge in [-0.3, -0.25) is 0 Å². The number of hydrogen-bond acceptors (Lipinski definition) is 3. The average molecular weight is 429 g/mol. The van der Waals surface area contributed by atoms with E-state index in [9.17, 15) is 4.57 Å². The summed E-state index contributed by atoms with van der Waals surface area (Å²) in [5.74, 6) is 1.39. The van der Waals surface area contributed by atoms with Crippen molar-refractivity contribution >= 4 is 7.60 Å². The van der Waals surface area contributed by atoms with Crippen LogP contribution in [0, 0.1) is 6.92 Å². The van der Waals surface area contributed by atoms with Gasteiger partial charge in [0.2, 0.25) is 0 Å². The molecule has 1 aliphatic rings. The van der Waals surface area contributed by atoms with Crippen LogP contribution in [-0.4, -0.2) is 0 Å². The Balaban J connectivity index is 2.17. The zero-order valence-electron chi connectivity index (χ0n) is 20.3. The molecular weight excluding hydrogens is 391 g/mol. The Hall–Kier alpha value is -1.73. The number of rotatable bonds is 2. The van der Waals surface area contributed by atoms with Gasteiger partial charge < -0.3 is 9.05 Å². The predicted molar refractivity (Wildman–Crippen MR) is 126 cm³/mol. The van der Waals surface area contributed by atoms with E-state index in [0.29, 0.717) is 11.9 Å². The van der Waals surface area contributed by atoms with Crippen molar-refractivity contribution in [3.05, 3.63) is 58.1 Å². The van der Waals surface area contributed by atoms with E-state index in [1.54, 1.807) is 0 Å². The molecule has 0 aliphatic carbocycles. The van der Waals surface area contributed by atoms with E-state index in [1.807, 2.05) is 25.1 Å². The van der Waals surface area contributed by atoms with Crippen molar-refractivity contribution in [2.75, 3.05) is 0 Å². The van der Waals surface area contributed by atoms with Crippen molar-refractivity contribution in [1.82, 2.24) is 0 Å². The van der Waals surface area contributed by atoms with Gasteiger partial charge in [0.05, 0.1) is 0 Å². The minimum absolute atomic E-state index is 0.000442. The first-order valence-corrected chi connectivity index (χ1v) is 12.5. The summed E-state index contributed by atoms with van der Waals surface area (Å²) in [4.78, 5) is 0. The molecule has 0 saturated carbocycles. The summed E-state index contributed by atoms with van der Waals surface area (Å²) >= 11 is 0. The minimum Gasteiger partial charge on any atom is -0.416 e. The van der Waals surface area contributed by atoms with E-state index in [1.165, 1.54) is 5.56 Å². The van der Waals surface area contributed by atoms with Crippen LogP contribution in [0.5, 0.6) is 11.5 Å². The van der Waals surface area contributed by atoms with Crippen LogP contribution in [0.2, 0.25) is 0 Å². The average Bonchev–Trinajstić information content (AvgIpc) is 2.86. The van der Waals surface area contributed by atoms with Gasteiger partial charge in [0, 0.05) is 16.7 Å². The van der Waals surface area contributed by atoms with Gasteiger partial charge in [-0.25, -0.2) is 4.57 Å². The molecule has 0 N–H and O–H groups in total. The van der Waals surface area contributed by atoms with E-state index >= 15 is 0 Å². The first-order chi connectivity index (χ1) is 13.5. The van der Waals surface area contributed by atoms with Crippen molar-refractivity contribution in [2.24, 2.45) is 0 Å². The lowest BCUT2D eigenvalue weighted by Crippen LogP contribution is -2.23. The van der Waals surface area contributed by atoms with E-state index in [2.05, 4.69) is 74.4 Å². The molecule has 3 rings (SSSR count). The van der Waals surface area contributed by atoms with E-state index in [4.69, 9.17) is 9.05 Å². The Morgan fingerprint density at radius 1 is 0.833 bits per heavy atom. The van der Waals surface area contributed by atoms with Crippen molar-refractivity contribution < 1.29 is 13.6 Å².